The number of carbonyl (C=O) groups is 2. The van der Waals surface area contributed by atoms with Crippen molar-refractivity contribution in [2.24, 2.45) is 0 Å². The first-order chi connectivity index (χ1) is 13.2. The van der Waals surface area contributed by atoms with Gasteiger partial charge in [-0.15, -0.1) is 0 Å². The van der Waals surface area contributed by atoms with Crippen molar-refractivity contribution in [2.45, 2.75) is 13.8 Å². The zero-order valence-corrected chi connectivity index (χ0v) is 16.6. The first-order valence-corrected chi connectivity index (χ1v) is 9.51. The third kappa shape index (κ3) is 7.07. The molecule has 2 amide bonds. The van der Waals surface area contributed by atoms with Gasteiger partial charge in [-0.1, -0.05) is 57.4 Å². The molecule has 0 aliphatic rings. The van der Waals surface area contributed by atoms with Crippen LogP contribution in [0, 0.1) is 0 Å². The molecule has 2 aromatic rings. The highest BCUT2D eigenvalue weighted by molar-refractivity contribution is 7.13. The number of carbonyl (C=O) groups excluding carboxylic acids is 2. The first kappa shape index (κ1) is 22.1. The number of nitrogens with one attached hydrogen (secondary N) is 3. The lowest BCUT2D eigenvalue weighted by Crippen LogP contribution is -2.39. The lowest BCUT2D eigenvalue weighted by atomic mass is 10.2. The number of anilines is 1. The van der Waals surface area contributed by atoms with Gasteiger partial charge in [0.1, 0.15) is 5.82 Å². The molecule has 0 saturated heterocycles. The molecule has 1 aromatic carbocycles. The molecule has 1 aromatic heterocycles. The fourth-order valence-corrected chi connectivity index (χ4v) is 2.84. The molecule has 6 nitrogen and oxygen atoms in total. The van der Waals surface area contributed by atoms with Crippen LogP contribution in [-0.4, -0.2) is 35.8 Å². The average molecular weight is 387 g/mol. The third-order valence-electron chi connectivity index (χ3n) is 3.31. The van der Waals surface area contributed by atoms with Crippen LogP contribution in [-0.2, 0) is 9.59 Å². The van der Waals surface area contributed by atoms with Crippen molar-refractivity contribution < 1.29 is 9.59 Å². The molecule has 0 spiro atoms. The summed E-state index contributed by atoms with van der Waals surface area (Å²) in [5.41, 5.74) is 0.361. The Hall–Kier alpha value is -2.93. The van der Waals surface area contributed by atoms with Crippen LogP contribution in [0.1, 0.15) is 13.8 Å². The zero-order valence-electron chi connectivity index (χ0n) is 15.7. The second kappa shape index (κ2) is 12.4. The second-order valence-electron chi connectivity index (χ2n) is 5.05. The smallest absolute Gasteiger partial charge is 0.251 e. The molecule has 0 atom stereocenters. The van der Waals surface area contributed by atoms with Crippen LogP contribution in [0.15, 0.2) is 61.2 Å². The van der Waals surface area contributed by atoms with Gasteiger partial charge in [-0.05, 0) is 23.7 Å². The lowest BCUT2D eigenvalue weighted by molar-refractivity contribution is -0.124. The van der Waals surface area contributed by atoms with Gasteiger partial charge in [0, 0.05) is 24.0 Å². The van der Waals surface area contributed by atoms with Crippen molar-refractivity contribution in [2.75, 3.05) is 25.0 Å². The summed E-state index contributed by atoms with van der Waals surface area (Å²) in [7, 11) is 0. The minimum atomic E-state index is -0.364. The van der Waals surface area contributed by atoms with Gasteiger partial charge in [0.05, 0.1) is 11.2 Å². The molecule has 3 N–H and O–H groups in total. The Morgan fingerprint density at radius 3 is 2.59 bits per heavy atom. The Kier molecular flexibility index (Phi) is 10.2. The molecule has 0 radical (unpaired) electrons. The van der Waals surface area contributed by atoms with Crippen LogP contribution < -0.4 is 16.0 Å². The highest BCUT2D eigenvalue weighted by Crippen LogP contribution is 2.25. The molecular weight excluding hydrogens is 360 g/mol. The van der Waals surface area contributed by atoms with Crippen molar-refractivity contribution in [1.82, 2.24) is 15.0 Å². The van der Waals surface area contributed by atoms with Crippen LogP contribution >= 0.6 is 11.5 Å². The van der Waals surface area contributed by atoms with E-state index in [1.54, 1.807) is 0 Å². The molecule has 0 bridgehead atoms. The number of amides is 2. The Labute approximate surface area is 164 Å². The molecule has 27 heavy (non-hydrogen) atoms. The number of allylic oxidation sites excluding steroid dienone is 2. The number of nitrogens with zero attached hydrogens (tertiary/aromatic N) is 1. The number of benzene rings is 1. The summed E-state index contributed by atoms with van der Waals surface area (Å²) in [6, 6.07) is 7.95. The Morgan fingerprint density at radius 2 is 1.89 bits per heavy atom. The second-order valence-corrected chi connectivity index (χ2v) is 5.85. The molecule has 1 heterocycles. The molecule has 0 saturated carbocycles. The normalized spacial score (nSPS) is 10.4. The zero-order chi connectivity index (χ0) is 20.1. The topological polar surface area (TPSA) is 83.1 Å². The average Bonchev–Trinajstić information content (AvgIpc) is 3.12. The van der Waals surface area contributed by atoms with Crippen molar-refractivity contribution in [1.29, 1.82) is 0 Å². The Balaban J connectivity index is 0.00000176. The van der Waals surface area contributed by atoms with Gasteiger partial charge in [-0.3, -0.25) is 9.59 Å². The number of rotatable bonds is 9. The van der Waals surface area contributed by atoms with E-state index in [4.69, 9.17) is 0 Å². The SMILES string of the molecule is C=C/C=C(\C=C)C(=O)NCC(=O)NCCNc1nsc2ccccc12.CC. The monoisotopic (exact) mass is 386 g/mol. The van der Waals surface area contributed by atoms with Gasteiger partial charge in [0.15, 0.2) is 0 Å². The summed E-state index contributed by atoms with van der Waals surface area (Å²) in [5.74, 6) is 0.186. The van der Waals surface area contributed by atoms with Crippen LogP contribution in [0.25, 0.3) is 10.1 Å². The van der Waals surface area contributed by atoms with E-state index in [0.29, 0.717) is 18.7 Å². The molecule has 0 aliphatic heterocycles. The van der Waals surface area contributed by atoms with Crippen molar-refractivity contribution in [3.05, 3.63) is 61.2 Å². The van der Waals surface area contributed by atoms with E-state index in [1.807, 2.05) is 38.1 Å². The van der Waals surface area contributed by atoms with Crippen molar-refractivity contribution in [3.63, 3.8) is 0 Å². The highest BCUT2D eigenvalue weighted by Gasteiger charge is 2.08. The van der Waals surface area contributed by atoms with Gasteiger partial charge in [-0.2, -0.15) is 4.37 Å². The summed E-state index contributed by atoms with van der Waals surface area (Å²) in [6.07, 6.45) is 4.43. The summed E-state index contributed by atoms with van der Waals surface area (Å²) in [5, 5.41) is 9.52. The Bertz CT molecular complexity index is 811. The van der Waals surface area contributed by atoms with Crippen LogP contribution in [0.5, 0.6) is 0 Å². The largest absolute Gasteiger partial charge is 0.367 e. The van der Waals surface area contributed by atoms with Gasteiger partial charge in [0.2, 0.25) is 5.91 Å². The van der Waals surface area contributed by atoms with Gasteiger partial charge in [-0.25, -0.2) is 0 Å². The summed E-state index contributed by atoms with van der Waals surface area (Å²) in [4.78, 5) is 23.5. The molecule has 0 aliphatic carbocycles. The molecule has 2 rings (SSSR count). The van der Waals surface area contributed by atoms with Gasteiger partial charge >= 0.3 is 0 Å². The summed E-state index contributed by atoms with van der Waals surface area (Å²) >= 11 is 1.43. The maximum atomic E-state index is 11.8. The van der Waals surface area contributed by atoms with E-state index in [-0.39, 0.29) is 18.4 Å². The van der Waals surface area contributed by atoms with Crippen LogP contribution in [0.4, 0.5) is 5.82 Å². The fraction of sp³-hybridized carbons (Fsp3) is 0.250. The minimum absolute atomic E-state index is 0.0964. The van der Waals surface area contributed by atoms with E-state index in [1.165, 1.54) is 29.8 Å². The lowest BCUT2D eigenvalue weighted by Gasteiger charge is -2.08. The minimum Gasteiger partial charge on any atom is -0.367 e. The quantitative estimate of drug-likeness (QED) is 0.351. The predicted molar refractivity (Wildman–Crippen MR) is 114 cm³/mol. The molecule has 144 valence electrons. The van der Waals surface area contributed by atoms with Crippen LogP contribution in [0.3, 0.4) is 0 Å². The predicted octanol–water partition coefficient (Wildman–Crippen LogP) is 3.27. The number of hydrogen-bond acceptors (Lipinski definition) is 5. The van der Waals surface area contributed by atoms with Crippen molar-refractivity contribution >= 4 is 39.3 Å². The standard InChI is InChI=1S/C18H20N4O2S.C2H6/c1-3-7-13(4-2)18(24)21-12-16(23)19-10-11-20-17-14-8-5-6-9-15(14)25-22-17;1-2/h3-9H,1-2,10-12H2,(H,19,23)(H,20,22)(H,21,24);1-2H3/b13-7+;. The van der Waals surface area contributed by atoms with Crippen LogP contribution in [0.2, 0.25) is 0 Å². The highest BCUT2D eigenvalue weighted by atomic mass is 32.1. The molecular formula is C20H26N4O2S. The van der Waals surface area contributed by atoms with E-state index in [2.05, 4.69) is 33.5 Å². The third-order valence-corrected chi connectivity index (χ3v) is 4.13. The van der Waals surface area contributed by atoms with E-state index >= 15 is 0 Å². The van der Waals surface area contributed by atoms with Gasteiger partial charge < -0.3 is 16.0 Å². The maximum absolute atomic E-state index is 11.8. The van der Waals surface area contributed by atoms with E-state index < -0.39 is 0 Å². The van der Waals surface area contributed by atoms with Gasteiger partial charge in [0.25, 0.3) is 5.91 Å². The first-order valence-electron chi connectivity index (χ1n) is 8.74. The summed E-state index contributed by atoms with van der Waals surface area (Å²) < 4.78 is 5.47. The van der Waals surface area contributed by atoms with E-state index in [0.717, 1.165) is 15.9 Å². The molecule has 7 heteroatoms. The van der Waals surface area contributed by atoms with E-state index in [9.17, 15) is 9.59 Å². The van der Waals surface area contributed by atoms with Crippen molar-refractivity contribution in [3.8, 4) is 0 Å². The molecule has 0 unspecified atom stereocenters. The summed E-state index contributed by atoms with van der Waals surface area (Å²) in [6.45, 7) is 11.9. The fourth-order valence-electron chi connectivity index (χ4n) is 2.08. The maximum Gasteiger partial charge on any atom is 0.251 e. The molecule has 0 fully saturated rings. The Morgan fingerprint density at radius 1 is 1.15 bits per heavy atom. The number of hydrogen-bond donors (Lipinski definition) is 3. The number of fused-ring (bicyclic) bond motifs is 1. The number of aromatic nitrogens is 1.